The van der Waals surface area contributed by atoms with E-state index in [0.29, 0.717) is 19.1 Å². The van der Waals surface area contributed by atoms with E-state index in [4.69, 9.17) is 9.47 Å². The lowest BCUT2D eigenvalue weighted by atomic mass is 10.2. The molecule has 2 aromatic rings. The van der Waals surface area contributed by atoms with Gasteiger partial charge < -0.3 is 9.47 Å². The maximum absolute atomic E-state index is 5.51. The first-order valence-corrected chi connectivity index (χ1v) is 5.56. The molecule has 0 saturated heterocycles. The second-order valence-electron chi connectivity index (χ2n) is 3.47. The molecule has 0 bridgehead atoms. The number of ether oxygens (including phenoxy) is 2. The zero-order valence-electron chi connectivity index (χ0n) is 9.72. The summed E-state index contributed by atoms with van der Waals surface area (Å²) in [5.74, 6) is 1.46. The molecule has 0 aliphatic heterocycles. The van der Waals surface area contributed by atoms with Crippen molar-refractivity contribution in [3.05, 3.63) is 54.2 Å². The van der Waals surface area contributed by atoms with Gasteiger partial charge in [-0.3, -0.25) is 0 Å². The van der Waals surface area contributed by atoms with Crippen molar-refractivity contribution in [2.75, 3.05) is 6.61 Å². The number of hydrogen-bond acceptors (Lipinski definition) is 3. The van der Waals surface area contributed by atoms with E-state index in [1.54, 1.807) is 6.07 Å². The third-order valence-corrected chi connectivity index (χ3v) is 2.21. The monoisotopic (exact) mass is 228 g/mol. The zero-order chi connectivity index (χ0) is 11.9. The Morgan fingerprint density at radius 3 is 2.59 bits per heavy atom. The molecule has 0 amide bonds. The van der Waals surface area contributed by atoms with Gasteiger partial charge in [0.25, 0.3) is 0 Å². The van der Waals surface area contributed by atoms with Crippen LogP contribution < -0.4 is 9.47 Å². The van der Waals surface area contributed by atoms with Crippen LogP contribution in [0.4, 0.5) is 0 Å². The van der Waals surface area contributed by atoms with Crippen LogP contribution in [-0.4, -0.2) is 11.6 Å². The maximum atomic E-state index is 5.51. The number of hydrogen-bond donors (Lipinski definition) is 0. The minimum atomic E-state index is 0.497. The molecule has 0 saturated carbocycles. The van der Waals surface area contributed by atoms with E-state index >= 15 is 0 Å². The van der Waals surface area contributed by atoms with Crippen LogP contribution in [0.15, 0.2) is 42.5 Å². The fourth-order valence-electron chi connectivity index (χ4n) is 1.40. The van der Waals surface area contributed by atoms with Gasteiger partial charge in [-0.25, -0.2) is 4.98 Å². The highest BCUT2D eigenvalue weighted by Crippen LogP contribution is 2.13. The average Bonchev–Trinajstić information content (AvgIpc) is 2.40. The SMILES string of the molecule is CCOc1ccc(COc2ccc[c]n2)cc1. The fourth-order valence-corrected chi connectivity index (χ4v) is 1.40. The van der Waals surface area contributed by atoms with Crippen LogP contribution in [0.5, 0.6) is 11.6 Å². The minimum Gasteiger partial charge on any atom is -0.494 e. The summed E-state index contributed by atoms with van der Waals surface area (Å²) >= 11 is 0. The number of nitrogens with zero attached hydrogens (tertiary/aromatic N) is 1. The lowest BCUT2D eigenvalue weighted by molar-refractivity contribution is 0.293. The van der Waals surface area contributed by atoms with Crippen molar-refractivity contribution in [3.8, 4) is 11.6 Å². The van der Waals surface area contributed by atoms with E-state index in [0.717, 1.165) is 11.3 Å². The molecule has 1 radical (unpaired) electrons. The molecule has 1 aromatic carbocycles. The van der Waals surface area contributed by atoms with Crippen LogP contribution >= 0.6 is 0 Å². The van der Waals surface area contributed by atoms with Crippen LogP contribution in [-0.2, 0) is 6.61 Å². The lowest BCUT2D eigenvalue weighted by Crippen LogP contribution is -1.97. The van der Waals surface area contributed by atoms with E-state index in [1.807, 2.05) is 43.3 Å². The summed E-state index contributed by atoms with van der Waals surface area (Å²) in [5, 5.41) is 0. The largest absolute Gasteiger partial charge is 0.494 e. The van der Waals surface area contributed by atoms with Gasteiger partial charge in [0.05, 0.1) is 12.8 Å². The topological polar surface area (TPSA) is 31.4 Å². The van der Waals surface area contributed by atoms with E-state index in [1.165, 1.54) is 0 Å². The van der Waals surface area contributed by atoms with Crippen LogP contribution in [0.2, 0.25) is 0 Å². The standard InChI is InChI=1S/C14H14NO2/c1-2-16-13-8-6-12(7-9-13)11-17-14-5-3-4-10-15-14/h3-9H,2,11H2,1H3. The maximum Gasteiger partial charge on any atom is 0.214 e. The van der Waals surface area contributed by atoms with Gasteiger partial charge in [0.15, 0.2) is 0 Å². The van der Waals surface area contributed by atoms with Crippen molar-refractivity contribution in [1.29, 1.82) is 0 Å². The Hall–Kier alpha value is -2.03. The van der Waals surface area contributed by atoms with Gasteiger partial charge in [0, 0.05) is 6.07 Å². The summed E-state index contributed by atoms with van der Waals surface area (Å²) in [6.45, 7) is 3.14. The normalized spacial score (nSPS) is 9.94. The van der Waals surface area contributed by atoms with Gasteiger partial charge in [-0.05, 0) is 30.7 Å². The van der Waals surface area contributed by atoms with Crippen LogP contribution in [0.1, 0.15) is 12.5 Å². The molecule has 1 aromatic heterocycles. The van der Waals surface area contributed by atoms with Crippen LogP contribution in [0.25, 0.3) is 0 Å². The molecule has 0 aliphatic rings. The van der Waals surface area contributed by atoms with Crippen molar-refractivity contribution in [2.45, 2.75) is 13.5 Å². The summed E-state index contributed by atoms with van der Waals surface area (Å²) in [6, 6.07) is 13.2. The second kappa shape index (κ2) is 5.89. The Morgan fingerprint density at radius 1 is 1.12 bits per heavy atom. The van der Waals surface area contributed by atoms with Gasteiger partial charge in [-0.1, -0.05) is 18.2 Å². The van der Waals surface area contributed by atoms with Crippen molar-refractivity contribution in [3.63, 3.8) is 0 Å². The molecule has 1 heterocycles. The zero-order valence-corrected chi connectivity index (χ0v) is 9.72. The fraction of sp³-hybridized carbons (Fsp3) is 0.214. The van der Waals surface area contributed by atoms with Gasteiger partial charge in [0.2, 0.25) is 5.88 Å². The van der Waals surface area contributed by atoms with E-state index < -0.39 is 0 Å². The van der Waals surface area contributed by atoms with Crippen LogP contribution in [0, 0.1) is 6.20 Å². The van der Waals surface area contributed by atoms with E-state index in [2.05, 4.69) is 11.2 Å². The molecular formula is C14H14NO2. The summed E-state index contributed by atoms with van der Waals surface area (Å²) in [7, 11) is 0. The molecule has 3 heteroatoms. The molecule has 2 rings (SSSR count). The summed E-state index contributed by atoms with van der Waals surface area (Å²) in [5.41, 5.74) is 1.08. The lowest BCUT2D eigenvalue weighted by Gasteiger charge is -2.06. The smallest absolute Gasteiger partial charge is 0.214 e. The summed E-state index contributed by atoms with van der Waals surface area (Å²) in [6.07, 6.45) is 2.73. The average molecular weight is 228 g/mol. The Bertz CT molecular complexity index is 440. The Labute approximate surface area is 101 Å². The van der Waals surface area contributed by atoms with Crippen LogP contribution in [0.3, 0.4) is 0 Å². The van der Waals surface area contributed by atoms with Crippen molar-refractivity contribution in [2.24, 2.45) is 0 Å². The third-order valence-electron chi connectivity index (χ3n) is 2.21. The first kappa shape index (κ1) is 11.5. The molecular weight excluding hydrogens is 214 g/mol. The quantitative estimate of drug-likeness (QED) is 0.788. The van der Waals surface area contributed by atoms with E-state index in [9.17, 15) is 0 Å². The summed E-state index contributed by atoms with van der Waals surface area (Å²) < 4.78 is 10.9. The highest BCUT2D eigenvalue weighted by atomic mass is 16.5. The first-order chi connectivity index (χ1) is 8.38. The Morgan fingerprint density at radius 2 is 1.94 bits per heavy atom. The minimum absolute atomic E-state index is 0.497. The van der Waals surface area contributed by atoms with Crippen molar-refractivity contribution < 1.29 is 9.47 Å². The highest BCUT2D eigenvalue weighted by molar-refractivity contribution is 5.27. The van der Waals surface area contributed by atoms with Crippen molar-refractivity contribution >= 4 is 0 Å². The van der Waals surface area contributed by atoms with Gasteiger partial charge >= 0.3 is 0 Å². The molecule has 0 unspecified atom stereocenters. The first-order valence-electron chi connectivity index (χ1n) is 5.56. The molecule has 17 heavy (non-hydrogen) atoms. The van der Waals surface area contributed by atoms with Gasteiger partial charge in [-0.2, -0.15) is 0 Å². The highest BCUT2D eigenvalue weighted by Gasteiger charge is 1.97. The molecule has 87 valence electrons. The number of aromatic nitrogens is 1. The number of pyridine rings is 1. The predicted octanol–water partition coefficient (Wildman–Crippen LogP) is 2.86. The third kappa shape index (κ3) is 3.48. The molecule has 0 N–H and O–H groups in total. The van der Waals surface area contributed by atoms with Gasteiger partial charge in [-0.15, -0.1) is 0 Å². The Balaban J connectivity index is 1.91. The summed E-state index contributed by atoms with van der Waals surface area (Å²) in [4.78, 5) is 3.97. The molecule has 0 atom stereocenters. The number of benzene rings is 1. The number of rotatable bonds is 5. The molecule has 3 nitrogen and oxygen atoms in total. The molecule has 0 aliphatic carbocycles. The van der Waals surface area contributed by atoms with E-state index in [-0.39, 0.29) is 0 Å². The Kier molecular flexibility index (Phi) is 3.97. The van der Waals surface area contributed by atoms with Gasteiger partial charge in [0.1, 0.15) is 12.4 Å². The second-order valence-corrected chi connectivity index (χ2v) is 3.47. The molecule has 0 spiro atoms. The molecule has 0 fully saturated rings. The predicted molar refractivity (Wildman–Crippen MR) is 65.0 cm³/mol. The van der Waals surface area contributed by atoms with Crippen molar-refractivity contribution in [1.82, 2.24) is 4.98 Å².